The molecule has 4 rings (SSSR count). The minimum Gasteiger partial charge on any atom is -0.345 e. The van der Waals surface area contributed by atoms with Crippen molar-refractivity contribution in [2.75, 3.05) is 0 Å². The molecule has 1 saturated carbocycles. The maximum Gasteiger partial charge on any atom is 0.223 e. The van der Waals surface area contributed by atoms with Gasteiger partial charge in [0.05, 0.1) is 23.4 Å². The Morgan fingerprint density at radius 3 is 2.76 bits per heavy atom. The molecule has 0 saturated heterocycles. The van der Waals surface area contributed by atoms with Gasteiger partial charge in [0, 0.05) is 12.0 Å². The van der Waals surface area contributed by atoms with Gasteiger partial charge in [-0.05, 0) is 42.5 Å². The largest absolute Gasteiger partial charge is 0.345 e. The third-order valence-corrected chi connectivity index (χ3v) is 5.04. The number of H-pyrrole nitrogens is 1. The molecule has 1 fully saturated rings. The highest BCUT2D eigenvalue weighted by molar-refractivity contribution is 5.81. The minimum absolute atomic E-state index is 0.0112. The highest BCUT2D eigenvalue weighted by Gasteiger charge is 2.29. The van der Waals surface area contributed by atoms with Crippen molar-refractivity contribution in [3.05, 3.63) is 66.0 Å². The number of aromatic nitrogens is 2. The summed E-state index contributed by atoms with van der Waals surface area (Å²) in [4.78, 5) is 20.2. The van der Waals surface area contributed by atoms with Crippen molar-refractivity contribution in [2.45, 2.75) is 31.3 Å². The second kappa shape index (κ2) is 6.69. The van der Waals surface area contributed by atoms with Gasteiger partial charge >= 0.3 is 0 Å². The number of benzene rings is 2. The van der Waals surface area contributed by atoms with E-state index in [-0.39, 0.29) is 23.9 Å². The number of nitrogens with zero attached hydrogens (tertiary/aromatic N) is 1. The van der Waals surface area contributed by atoms with E-state index in [4.69, 9.17) is 5.73 Å². The third-order valence-electron chi connectivity index (χ3n) is 5.04. The van der Waals surface area contributed by atoms with Crippen LogP contribution in [-0.2, 0) is 4.79 Å². The monoisotopic (exact) mass is 334 g/mol. The van der Waals surface area contributed by atoms with Crippen molar-refractivity contribution < 1.29 is 4.79 Å². The number of nitrogens with one attached hydrogen (secondary N) is 2. The molecule has 1 aliphatic carbocycles. The summed E-state index contributed by atoms with van der Waals surface area (Å²) in [7, 11) is 0. The van der Waals surface area contributed by atoms with Crippen LogP contribution in [0.5, 0.6) is 0 Å². The Balaban J connectivity index is 1.65. The van der Waals surface area contributed by atoms with E-state index in [0.717, 1.165) is 41.4 Å². The minimum atomic E-state index is -0.182. The number of carbonyl (C=O) groups excluding carboxylic acids is 1. The van der Waals surface area contributed by atoms with Crippen molar-refractivity contribution in [2.24, 2.45) is 11.7 Å². The molecule has 1 aromatic heterocycles. The molecular weight excluding hydrogens is 312 g/mol. The fraction of sp³-hybridized carbons (Fsp3) is 0.300. The van der Waals surface area contributed by atoms with E-state index in [9.17, 15) is 4.79 Å². The molecule has 1 heterocycles. The molecule has 3 unspecified atom stereocenters. The number of nitrogens with two attached hydrogens (primary N) is 1. The SMILES string of the molecule is NC1CCC(C(=O)NC(c2ccccc2)c2ccc3nc[nH]c3c2)C1. The summed E-state index contributed by atoms with van der Waals surface area (Å²) >= 11 is 0. The molecule has 4 N–H and O–H groups in total. The summed E-state index contributed by atoms with van der Waals surface area (Å²) in [5, 5.41) is 3.24. The summed E-state index contributed by atoms with van der Waals surface area (Å²) in [5.74, 6) is 0.101. The lowest BCUT2D eigenvalue weighted by molar-refractivity contribution is -0.125. The van der Waals surface area contributed by atoms with E-state index >= 15 is 0 Å². The zero-order valence-corrected chi connectivity index (χ0v) is 14.0. The topological polar surface area (TPSA) is 83.8 Å². The Morgan fingerprint density at radius 1 is 1.16 bits per heavy atom. The Bertz CT molecular complexity index is 874. The number of carbonyl (C=O) groups is 1. The third kappa shape index (κ3) is 3.28. The predicted molar refractivity (Wildman–Crippen MR) is 97.8 cm³/mol. The van der Waals surface area contributed by atoms with E-state index in [1.807, 2.05) is 42.5 Å². The van der Waals surface area contributed by atoms with E-state index in [1.54, 1.807) is 6.33 Å². The standard InChI is InChI=1S/C20H22N4O/c21-16-8-6-15(10-16)20(25)24-19(13-4-2-1-3-5-13)14-7-9-17-18(11-14)23-12-22-17/h1-5,7,9,11-12,15-16,19H,6,8,10,21H2,(H,22,23)(H,24,25). The first kappa shape index (κ1) is 15.8. The van der Waals surface area contributed by atoms with Gasteiger partial charge in [0.15, 0.2) is 0 Å². The van der Waals surface area contributed by atoms with Crippen molar-refractivity contribution in [1.29, 1.82) is 0 Å². The zero-order chi connectivity index (χ0) is 17.2. The molecule has 3 aromatic rings. The van der Waals surface area contributed by atoms with Gasteiger partial charge in [-0.3, -0.25) is 4.79 Å². The molecule has 5 nitrogen and oxygen atoms in total. The number of imidazole rings is 1. The maximum absolute atomic E-state index is 12.8. The van der Waals surface area contributed by atoms with E-state index < -0.39 is 0 Å². The number of aromatic amines is 1. The predicted octanol–water partition coefficient (Wildman–Crippen LogP) is 2.90. The van der Waals surface area contributed by atoms with Crippen LogP contribution in [0.4, 0.5) is 0 Å². The first-order valence-corrected chi connectivity index (χ1v) is 8.74. The second-order valence-corrected chi connectivity index (χ2v) is 6.80. The number of hydrogen-bond acceptors (Lipinski definition) is 3. The number of amides is 1. The molecule has 2 aromatic carbocycles. The molecule has 1 aliphatic rings. The van der Waals surface area contributed by atoms with Crippen LogP contribution in [-0.4, -0.2) is 21.9 Å². The number of rotatable bonds is 4. The van der Waals surface area contributed by atoms with Gasteiger partial charge in [-0.15, -0.1) is 0 Å². The maximum atomic E-state index is 12.8. The van der Waals surface area contributed by atoms with Crippen molar-refractivity contribution in [3.63, 3.8) is 0 Å². The molecule has 0 aliphatic heterocycles. The molecule has 128 valence electrons. The highest BCUT2D eigenvalue weighted by Crippen LogP contribution is 2.28. The smallest absolute Gasteiger partial charge is 0.223 e. The van der Waals surface area contributed by atoms with Crippen LogP contribution < -0.4 is 11.1 Å². The molecule has 1 amide bonds. The normalized spacial score (nSPS) is 21.3. The van der Waals surface area contributed by atoms with Gasteiger partial charge in [-0.1, -0.05) is 36.4 Å². The van der Waals surface area contributed by atoms with Gasteiger partial charge in [-0.25, -0.2) is 4.98 Å². The van der Waals surface area contributed by atoms with Gasteiger partial charge < -0.3 is 16.0 Å². The molecule has 0 bridgehead atoms. The van der Waals surface area contributed by atoms with Crippen LogP contribution in [0.2, 0.25) is 0 Å². The highest BCUT2D eigenvalue weighted by atomic mass is 16.1. The molecule has 25 heavy (non-hydrogen) atoms. The van der Waals surface area contributed by atoms with Gasteiger partial charge in [0.2, 0.25) is 5.91 Å². The van der Waals surface area contributed by atoms with Crippen LogP contribution in [0.3, 0.4) is 0 Å². The van der Waals surface area contributed by atoms with Crippen molar-refractivity contribution in [3.8, 4) is 0 Å². The average Bonchev–Trinajstić information content (AvgIpc) is 3.28. The quantitative estimate of drug-likeness (QED) is 0.686. The lowest BCUT2D eigenvalue weighted by atomic mass is 9.97. The zero-order valence-electron chi connectivity index (χ0n) is 14.0. The van der Waals surface area contributed by atoms with E-state index in [1.165, 1.54) is 0 Å². The number of hydrogen-bond donors (Lipinski definition) is 3. The molecule has 0 spiro atoms. The summed E-state index contributed by atoms with van der Waals surface area (Å²) in [6, 6.07) is 16.1. The van der Waals surface area contributed by atoms with Crippen LogP contribution in [0.25, 0.3) is 11.0 Å². The summed E-state index contributed by atoms with van der Waals surface area (Å²) in [6.45, 7) is 0. The molecule has 5 heteroatoms. The second-order valence-electron chi connectivity index (χ2n) is 6.80. The van der Waals surface area contributed by atoms with Gasteiger partial charge in [0.1, 0.15) is 0 Å². The Labute approximate surface area is 146 Å². The molecule has 0 radical (unpaired) electrons. The first-order valence-electron chi connectivity index (χ1n) is 8.74. The van der Waals surface area contributed by atoms with Crippen molar-refractivity contribution >= 4 is 16.9 Å². The summed E-state index contributed by atoms with van der Waals surface area (Å²) in [6.07, 6.45) is 4.25. The van der Waals surface area contributed by atoms with Crippen LogP contribution in [0.15, 0.2) is 54.9 Å². The van der Waals surface area contributed by atoms with E-state index in [2.05, 4.69) is 21.4 Å². The summed E-state index contributed by atoms with van der Waals surface area (Å²) in [5.41, 5.74) is 9.97. The average molecular weight is 334 g/mol. The fourth-order valence-electron chi connectivity index (χ4n) is 3.65. The van der Waals surface area contributed by atoms with Crippen molar-refractivity contribution in [1.82, 2.24) is 15.3 Å². The lowest BCUT2D eigenvalue weighted by Crippen LogP contribution is -2.34. The Morgan fingerprint density at radius 2 is 2.00 bits per heavy atom. The Kier molecular flexibility index (Phi) is 4.24. The van der Waals surface area contributed by atoms with Crippen LogP contribution >= 0.6 is 0 Å². The molecule has 3 atom stereocenters. The lowest BCUT2D eigenvalue weighted by Gasteiger charge is -2.22. The van der Waals surface area contributed by atoms with Crippen LogP contribution in [0.1, 0.15) is 36.4 Å². The van der Waals surface area contributed by atoms with Crippen LogP contribution in [0, 0.1) is 5.92 Å². The summed E-state index contributed by atoms with van der Waals surface area (Å²) < 4.78 is 0. The first-order chi connectivity index (χ1) is 12.2. The van der Waals surface area contributed by atoms with E-state index in [0.29, 0.717) is 0 Å². The molecular formula is C20H22N4O. The fourth-order valence-corrected chi connectivity index (χ4v) is 3.65. The number of fused-ring (bicyclic) bond motifs is 1. The van der Waals surface area contributed by atoms with Gasteiger partial charge in [0.25, 0.3) is 0 Å². The Hall–Kier alpha value is -2.66. The van der Waals surface area contributed by atoms with Gasteiger partial charge in [-0.2, -0.15) is 0 Å².